The second-order valence-electron chi connectivity index (χ2n) is 6.65. The average Bonchev–Trinajstić information content (AvgIpc) is 3.32. The van der Waals surface area contributed by atoms with Crippen LogP contribution >= 0.6 is 0 Å². The van der Waals surface area contributed by atoms with Crippen LogP contribution in [0.1, 0.15) is 29.0 Å². The summed E-state index contributed by atoms with van der Waals surface area (Å²) in [5, 5.41) is 10.2. The van der Waals surface area contributed by atoms with E-state index in [1.165, 1.54) is 3.97 Å². The van der Waals surface area contributed by atoms with Crippen LogP contribution in [0.2, 0.25) is 0 Å². The Labute approximate surface area is 151 Å². The summed E-state index contributed by atoms with van der Waals surface area (Å²) in [6.07, 6.45) is 3.20. The third kappa shape index (κ3) is 2.44. The summed E-state index contributed by atoms with van der Waals surface area (Å²) < 4.78 is 27.6. The van der Waals surface area contributed by atoms with E-state index in [1.807, 2.05) is 13.0 Å². The van der Waals surface area contributed by atoms with Crippen molar-refractivity contribution < 1.29 is 13.2 Å². The van der Waals surface area contributed by atoms with E-state index in [-0.39, 0.29) is 16.7 Å². The summed E-state index contributed by atoms with van der Waals surface area (Å²) in [5.41, 5.74) is 2.45. The van der Waals surface area contributed by atoms with E-state index < -0.39 is 10.0 Å². The highest BCUT2D eigenvalue weighted by Crippen LogP contribution is 2.49. The van der Waals surface area contributed by atoms with Crippen molar-refractivity contribution >= 4 is 27.2 Å². The van der Waals surface area contributed by atoms with Gasteiger partial charge in [-0.05, 0) is 43.0 Å². The Morgan fingerprint density at radius 2 is 1.92 bits per heavy atom. The van der Waals surface area contributed by atoms with Gasteiger partial charge in [0.2, 0.25) is 0 Å². The summed E-state index contributed by atoms with van der Waals surface area (Å²) in [6.45, 7) is 1.89. The molecule has 1 aromatic heterocycles. The molecule has 2 aromatic carbocycles. The molecule has 0 unspecified atom stereocenters. The van der Waals surface area contributed by atoms with E-state index in [1.54, 1.807) is 42.6 Å². The number of aldehydes is 1. The third-order valence-corrected chi connectivity index (χ3v) is 6.61. The molecule has 0 spiro atoms. The van der Waals surface area contributed by atoms with Gasteiger partial charge in [-0.2, -0.15) is 5.26 Å². The van der Waals surface area contributed by atoms with Crippen molar-refractivity contribution in [1.29, 1.82) is 5.26 Å². The smallest absolute Gasteiger partial charge is 0.268 e. The van der Waals surface area contributed by atoms with E-state index >= 15 is 0 Å². The lowest BCUT2D eigenvalue weighted by Gasteiger charge is -2.08. The number of fused-ring (bicyclic) bond motifs is 1. The summed E-state index contributed by atoms with van der Waals surface area (Å²) >= 11 is 0. The van der Waals surface area contributed by atoms with Crippen molar-refractivity contribution in [3.05, 3.63) is 65.4 Å². The first-order chi connectivity index (χ1) is 12.5. The minimum Gasteiger partial charge on any atom is -0.303 e. The van der Waals surface area contributed by atoms with Gasteiger partial charge in [0.25, 0.3) is 10.0 Å². The molecule has 1 saturated carbocycles. The molecular weight excluding hydrogens is 348 g/mol. The van der Waals surface area contributed by atoms with Gasteiger partial charge in [0.15, 0.2) is 0 Å². The predicted molar refractivity (Wildman–Crippen MR) is 97.3 cm³/mol. The van der Waals surface area contributed by atoms with Crippen LogP contribution in [-0.2, 0) is 14.8 Å². The molecule has 26 heavy (non-hydrogen) atoms. The molecule has 5 nitrogen and oxygen atoms in total. The molecule has 0 bridgehead atoms. The maximum absolute atomic E-state index is 13.2. The average molecular weight is 364 g/mol. The number of aryl methyl sites for hydroxylation is 1. The number of para-hydroxylation sites is 1. The zero-order valence-electron chi connectivity index (χ0n) is 14.1. The maximum atomic E-state index is 13.2. The first kappa shape index (κ1) is 16.6. The van der Waals surface area contributed by atoms with Crippen LogP contribution in [-0.4, -0.2) is 18.7 Å². The molecule has 1 aliphatic rings. The fraction of sp³-hybridized carbons (Fsp3) is 0.200. The monoisotopic (exact) mass is 364 g/mol. The number of aromatic nitrogens is 1. The molecule has 0 N–H and O–H groups in total. The van der Waals surface area contributed by atoms with Gasteiger partial charge < -0.3 is 4.79 Å². The fourth-order valence-electron chi connectivity index (χ4n) is 3.40. The van der Waals surface area contributed by atoms with E-state index in [0.29, 0.717) is 22.9 Å². The summed E-state index contributed by atoms with van der Waals surface area (Å²) in [4.78, 5) is 11.3. The van der Waals surface area contributed by atoms with Gasteiger partial charge in [-0.15, -0.1) is 0 Å². The van der Waals surface area contributed by atoms with Crippen LogP contribution in [0.5, 0.6) is 0 Å². The number of hydrogen-bond donors (Lipinski definition) is 0. The van der Waals surface area contributed by atoms with Crippen molar-refractivity contribution in [2.24, 2.45) is 5.92 Å². The number of rotatable bonds is 4. The van der Waals surface area contributed by atoms with Crippen molar-refractivity contribution in [3.63, 3.8) is 0 Å². The predicted octanol–water partition coefficient (Wildman–Crippen LogP) is 3.36. The Bertz CT molecular complexity index is 1170. The Balaban J connectivity index is 1.99. The van der Waals surface area contributed by atoms with Crippen molar-refractivity contribution in [1.82, 2.24) is 3.97 Å². The largest absolute Gasteiger partial charge is 0.303 e. The second-order valence-corrected chi connectivity index (χ2v) is 8.47. The minimum atomic E-state index is -3.85. The topological polar surface area (TPSA) is 79.9 Å². The summed E-state index contributed by atoms with van der Waals surface area (Å²) in [5.74, 6) is -0.0692. The number of carbonyl (C=O) groups excluding carboxylic acids is 1. The molecule has 2 atom stereocenters. The van der Waals surface area contributed by atoms with Gasteiger partial charge in [0.05, 0.1) is 16.0 Å². The van der Waals surface area contributed by atoms with Gasteiger partial charge >= 0.3 is 0 Å². The molecule has 3 aromatic rings. The van der Waals surface area contributed by atoms with Crippen LogP contribution in [0.15, 0.2) is 53.6 Å². The van der Waals surface area contributed by atoms with Gasteiger partial charge in [0.1, 0.15) is 12.4 Å². The van der Waals surface area contributed by atoms with Crippen LogP contribution in [0.4, 0.5) is 0 Å². The molecule has 1 fully saturated rings. The Hall–Kier alpha value is -2.91. The lowest BCUT2D eigenvalue weighted by atomic mass is 10.1. The zero-order chi connectivity index (χ0) is 18.5. The van der Waals surface area contributed by atoms with E-state index in [0.717, 1.165) is 17.4 Å². The van der Waals surface area contributed by atoms with Crippen molar-refractivity contribution in [2.75, 3.05) is 0 Å². The summed E-state index contributed by atoms with van der Waals surface area (Å²) in [7, 11) is -3.85. The quantitative estimate of drug-likeness (QED) is 0.665. The lowest BCUT2D eigenvalue weighted by Crippen LogP contribution is -2.12. The van der Waals surface area contributed by atoms with Crippen LogP contribution in [0.25, 0.3) is 10.9 Å². The summed E-state index contributed by atoms with van der Waals surface area (Å²) in [6, 6.07) is 13.9. The van der Waals surface area contributed by atoms with E-state index in [9.17, 15) is 18.5 Å². The van der Waals surface area contributed by atoms with Crippen LogP contribution < -0.4 is 0 Å². The SMILES string of the molecule is Cc1ccc(S(=O)(=O)n2cc([C@H]3C[C@@H]3C=O)c3cccc(C#N)c32)cc1. The first-order valence-corrected chi connectivity index (χ1v) is 9.73. The highest BCUT2D eigenvalue weighted by molar-refractivity contribution is 7.90. The van der Waals surface area contributed by atoms with Crippen molar-refractivity contribution in [3.8, 4) is 6.07 Å². The third-order valence-electron chi connectivity index (χ3n) is 4.94. The first-order valence-electron chi connectivity index (χ1n) is 8.29. The molecule has 1 heterocycles. The molecule has 0 saturated heterocycles. The number of hydrogen-bond acceptors (Lipinski definition) is 4. The molecule has 4 rings (SSSR count). The molecular formula is C20H16N2O3S. The molecule has 130 valence electrons. The fourth-order valence-corrected chi connectivity index (χ4v) is 4.79. The van der Waals surface area contributed by atoms with Crippen LogP contribution in [0, 0.1) is 24.2 Å². The number of nitrogens with zero attached hydrogens (tertiary/aromatic N) is 2. The number of benzene rings is 2. The maximum Gasteiger partial charge on any atom is 0.268 e. The van der Waals surface area contributed by atoms with Crippen molar-refractivity contribution in [2.45, 2.75) is 24.2 Å². The van der Waals surface area contributed by atoms with Gasteiger partial charge in [-0.3, -0.25) is 0 Å². The number of nitriles is 1. The van der Waals surface area contributed by atoms with Gasteiger partial charge in [-0.25, -0.2) is 12.4 Å². The lowest BCUT2D eigenvalue weighted by molar-refractivity contribution is -0.108. The molecule has 0 amide bonds. The highest BCUT2D eigenvalue weighted by atomic mass is 32.2. The second kappa shape index (κ2) is 5.82. The normalized spacial score (nSPS) is 19.2. The van der Waals surface area contributed by atoms with E-state index in [4.69, 9.17) is 0 Å². The molecule has 0 radical (unpaired) electrons. The Morgan fingerprint density at radius 3 is 2.54 bits per heavy atom. The van der Waals surface area contributed by atoms with Crippen LogP contribution in [0.3, 0.4) is 0 Å². The standard InChI is InChI=1S/C20H16N2O3S/c1-13-5-7-16(8-6-13)26(24,25)22-11-19(18-9-15(18)12-23)17-4-2-3-14(10-21)20(17)22/h2-8,11-12,15,18H,9H2,1H3/t15-,18+/m1/s1. The minimum absolute atomic E-state index is 0.0124. The highest BCUT2D eigenvalue weighted by Gasteiger charge is 2.40. The Morgan fingerprint density at radius 1 is 1.19 bits per heavy atom. The molecule has 1 aliphatic carbocycles. The number of carbonyl (C=O) groups is 1. The zero-order valence-corrected chi connectivity index (χ0v) is 14.9. The van der Waals surface area contributed by atoms with Gasteiger partial charge in [-0.1, -0.05) is 29.8 Å². The molecule has 6 heteroatoms. The van der Waals surface area contributed by atoms with E-state index in [2.05, 4.69) is 6.07 Å². The molecule has 0 aliphatic heterocycles. The Kier molecular flexibility index (Phi) is 3.70. The van der Waals surface area contributed by atoms with Gasteiger partial charge in [0, 0.05) is 17.5 Å².